The Labute approximate surface area is 241 Å². The zero-order chi connectivity index (χ0) is 27.9. The molecule has 5 atom stereocenters. The average Bonchev–Trinajstić information content (AvgIpc) is 3.58. The normalized spacial score (nSPS) is 32.5. The predicted molar refractivity (Wildman–Crippen MR) is 154 cm³/mol. The van der Waals surface area contributed by atoms with Crippen LogP contribution in [0, 0.1) is 17.8 Å². The highest BCUT2D eigenvalue weighted by atomic mass is 35.5. The van der Waals surface area contributed by atoms with Crippen molar-refractivity contribution in [2.24, 2.45) is 17.8 Å². The standard InChI is InChI=1S/C31H41ClN4O4/c1-20-12-17-35(18-13-20)15-6-16-36-27(29(38)33-22-8-3-2-4-9-22)31-14-11-24(40-31)25(26(31)30(36)39)28(37)34-23-10-5-7-21(32)19-23/h5,7,10-11,14,19-20,22,24-27H,2-4,6,8-9,12-13,15-18H2,1H3,(H,33,38)(H,34,37)/t24-,25-,26-,27+,31-/m0/s1. The molecular formula is C31H41ClN4O4. The van der Waals surface area contributed by atoms with E-state index >= 15 is 0 Å². The number of carbonyl (C=O) groups excluding carboxylic acids is 3. The molecule has 2 N–H and O–H groups in total. The largest absolute Gasteiger partial charge is 0.359 e. The summed E-state index contributed by atoms with van der Waals surface area (Å²) >= 11 is 6.13. The minimum atomic E-state index is -1.13. The van der Waals surface area contributed by atoms with E-state index in [0.29, 0.717) is 17.3 Å². The Morgan fingerprint density at radius 2 is 1.85 bits per heavy atom. The number of nitrogens with zero attached hydrogens (tertiary/aromatic N) is 2. The molecule has 1 aliphatic carbocycles. The molecule has 1 aromatic rings. The van der Waals surface area contributed by atoms with Crippen molar-refractivity contribution < 1.29 is 19.1 Å². The summed E-state index contributed by atoms with van der Waals surface area (Å²) in [5.74, 6) is -1.29. The number of rotatable bonds is 8. The average molecular weight is 569 g/mol. The molecule has 6 rings (SSSR count). The van der Waals surface area contributed by atoms with Crippen molar-refractivity contribution in [3.63, 3.8) is 0 Å². The van der Waals surface area contributed by atoms with Gasteiger partial charge in [-0.1, -0.05) is 56.0 Å². The summed E-state index contributed by atoms with van der Waals surface area (Å²) in [6, 6.07) is 6.31. The molecule has 0 aromatic heterocycles. The van der Waals surface area contributed by atoms with E-state index < -0.39 is 29.6 Å². The molecule has 1 aromatic carbocycles. The number of carbonyl (C=O) groups is 3. The van der Waals surface area contributed by atoms with E-state index in [2.05, 4.69) is 22.5 Å². The molecule has 40 heavy (non-hydrogen) atoms. The smallest absolute Gasteiger partial charge is 0.246 e. The van der Waals surface area contributed by atoms with Crippen LogP contribution in [-0.2, 0) is 19.1 Å². The zero-order valence-corrected chi connectivity index (χ0v) is 24.1. The Bertz CT molecular complexity index is 1160. The lowest BCUT2D eigenvalue weighted by Crippen LogP contribution is -2.56. The second kappa shape index (κ2) is 11.5. The maximum absolute atomic E-state index is 14.1. The molecule has 8 nitrogen and oxygen atoms in total. The molecule has 0 radical (unpaired) electrons. The van der Waals surface area contributed by atoms with E-state index in [1.807, 2.05) is 12.2 Å². The lowest BCUT2D eigenvalue weighted by molar-refractivity contribution is -0.141. The Morgan fingerprint density at radius 3 is 2.60 bits per heavy atom. The Morgan fingerprint density at radius 1 is 1.07 bits per heavy atom. The molecule has 5 aliphatic rings. The first-order chi connectivity index (χ1) is 19.4. The molecule has 4 fully saturated rings. The molecule has 1 saturated carbocycles. The molecule has 3 amide bonds. The van der Waals surface area contributed by atoms with E-state index in [9.17, 15) is 14.4 Å². The van der Waals surface area contributed by atoms with Gasteiger partial charge in [-0.05, 0) is 75.9 Å². The summed E-state index contributed by atoms with van der Waals surface area (Å²) in [6.45, 7) is 5.81. The lowest BCUT2D eigenvalue weighted by Gasteiger charge is -2.35. The summed E-state index contributed by atoms with van der Waals surface area (Å²) < 4.78 is 6.48. The van der Waals surface area contributed by atoms with Gasteiger partial charge in [-0.3, -0.25) is 14.4 Å². The maximum Gasteiger partial charge on any atom is 0.246 e. The fraction of sp³-hybridized carbons (Fsp3) is 0.645. The van der Waals surface area contributed by atoms with E-state index in [1.165, 1.54) is 19.3 Å². The molecule has 216 valence electrons. The fourth-order valence-corrected chi connectivity index (χ4v) is 7.77. The highest BCUT2D eigenvalue weighted by Gasteiger charge is 2.72. The summed E-state index contributed by atoms with van der Waals surface area (Å²) in [5.41, 5.74) is -0.555. The number of ether oxygens (including phenoxy) is 1. The van der Waals surface area contributed by atoms with E-state index in [-0.39, 0.29) is 23.8 Å². The van der Waals surface area contributed by atoms with Gasteiger partial charge in [0.1, 0.15) is 11.6 Å². The highest BCUT2D eigenvalue weighted by molar-refractivity contribution is 6.30. The number of nitrogens with one attached hydrogen (secondary N) is 2. The molecular weight excluding hydrogens is 528 g/mol. The number of hydrogen-bond acceptors (Lipinski definition) is 5. The van der Waals surface area contributed by atoms with Gasteiger partial charge in [0, 0.05) is 23.3 Å². The van der Waals surface area contributed by atoms with Crippen molar-refractivity contribution >= 4 is 35.0 Å². The Hall–Kier alpha value is -2.42. The van der Waals surface area contributed by atoms with Crippen LogP contribution in [0.3, 0.4) is 0 Å². The second-order valence-electron chi connectivity index (χ2n) is 12.5. The van der Waals surface area contributed by atoms with Gasteiger partial charge in [0.2, 0.25) is 17.7 Å². The SMILES string of the molecule is CC1CCN(CCCN2C(=O)[C@@H]3[C@@H](C(=O)Nc4cccc(Cl)c4)[C@@H]4C=C[C@@]3(O4)[C@H]2C(=O)NC2CCCCC2)CC1. The number of benzene rings is 1. The van der Waals surface area contributed by atoms with Crippen LogP contribution >= 0.6 is 11.6 Å². The number of fused-ring (bicyclic) bond motifs is 1. The third kappa shape index (κ3) is 5.19. The van der Waals surface area contributed by atoms with E-state index in [1.54, 1.807) is 29.2 Å². The number of likely N-dealkylation sites (tertiary alicyclic amines) is 2. The summed E-state index contributed by atoms with van der Waals surface area (Å²) in [5, 5.41) is 6.72. The molecule has 2 bridgehead atoms. The highest BCUT2D eigenvalue weighted by Crippen LogP contribution is 2.55. The van der Waals surface area contributed by atoms with Gasteiger partial charge in [0.15, 0.2) is 0 Å². The molecule has 1 spiro atoms. The maximum atomic E-state index is 14.1. The van der Waals surface area contributed by atoms with Crippen LogP contribution in [0.15, 0.2) is 36.4 Å². The number of hydrogen-bond donors (Lipinski definition) is 2. The van der Waals surface area contributed by atoms with Gasteiger partial charge < -0.3 is 25.2 Å². The summed E-state index contributed by atoms with van der Waals surface area (Å²) in [6.07, 6.45) is 11.7. The number of halogens is 1. The van der Waals surface area contributed by atoms with Gasteiger partial charge in [0.05, 0.1) is 17.9 Å². The second-order valence-corrected chi connectivity index (χ2v) is 12.9. The zero-order valence-electron chi connectivity index (χ0n) is 23.3. The molecule has 0 unspecified atom stereocenters. The van der Waals surface area contributed by atoms with Crippen molar-refractivity contribution in [1.82, 2.24) is 15.1 Å². The van der Waals surface area contributed by atoms with Crippen molar-refractivity contribution in [3.05, 3.63) is 41.4 Å². The van der Waals surface area contributed by atoms with Crippen LogP contribution in [0.5, 0.6) is 0 Å². The van der Waals surface area contributed by atoms with E-state index in [4.69, 9.17) is 16.3 Å². The van der Waals surface area contributed by atoms with Crippen molar-refractivity contribution in [3.8, 4) is 0 Å². The first-order valence-electron chi connectivity index (χ1n) is 15.1. The molecule has 9 heteroatoms. The van der Waals surface area contributed by atoms with Gasteiger partial charge in [-0.25, -0.2) is 0 Å². The summed E-state index contributed by atoms with van der Waals surface area (Å²) in [4.78, 5) is 45.9. The van der Waals surface area contributed by atoms with Crippen LogP contribution in [0.25, 0.3) is 0 Å². The first kappa shape index (κ1) is 27.7. The Kier molecular flexibility index (Phi) is 7.94. The molecule has 4 aliphatic heterocycles. The summed E-state index contributed by atoms with van der Waals surface area (Å²) in [7, 11) is 0. The van der Waals surface area contributed by atoms with Crippen LogP contribution in [0.1, 0.15) is 58.3 Å². The minimum absolute atomic E-state index is 0.119. The third-order valence-corrected chi connectivity index (χ3v) is 9.95. The van der Waals surface area contributed by atoms with Crippen molar-refractivity contribution in [2.45, 2.75) is 82.1 Å². The topological polar surface area (TPSA) is 91.0 Å². The van der Waals surface area contributed by atoms with Crippen LogP contribution in [0.2, 0.25) is 5.02 Å². The van der Waals surface area contributed by atoms with Gasteiger partial charge in [-0.2, -0.15) is 0 Å². The molecule has 3 saturated heterocycles. The Balaban J connectivity index is 1.22. The van der Waals surface area contributed by atoms with Crippen molar-refractivity contribution in [2.75, 3.05) is 31.5 Å². The number of anilines is 1. The lowest BCUT2D eigenvalue weighted by atomic mass is 9.74. The van der Waals surface area contributed by atoms with Gasteiger partial charge >= 0.3 is 0 Å². The fourth-order valence-electron chi connectivity index (χ4n) is 7.58. The predicted octanol–water partition coefficient (Wildman–Crippen LogP) is 4.00. The van der Waals surface area contributed by atoms with Crippen LogP contribution in [0.4, 0.5) is 5.69 Å². The minimum Gasteiger partial charge on any atom is -0.359 e. The van der Waals surface area contributed by atoms with Crippen LogP contribution in [-0.4, -0.2) is 77.5 Å². The quantitative estimate of drug-likeness (QED) is 0.463. The van der Waals surface area contributed by atoms with Gasteiger partial charge in [-0.15, -0.1) is 0 Å². The van der Waals surface area contributed by atoms with Crippen LogP contribution < -0.4 is 10.6 Å². The molecule has 4 heterocycles. The van der Waals surface area contributed by atoms with Crippen molar-refractivity contribution in [1.29, 1.82) is 0 Å². The number of amides is 3. The van der Waals surface area contributed by atoms with Gasteiger partial charge in [0.25, 0.3) is 0 Å². The monoisotopic (exact) mass is 568 g/mol. The number of piperidine rings is 1. The van der Waals surface area contributed by atoms with E-state index in [0.717, 1.165) is 57.7 Å². The third-order valence-electron chi connectivity index (χ3n) is 9.72. The first-order valence-corrected chi connectivity index (χ1v) is 15.5.